The molecule has 0 aromatic heterocycles. The quantitative estimate of drug-likeness (QED) is 0.0500. The molecule has 0 aromatic carbocycles. The Hall–Kier alpha value is -1.37. The molecule has 0 saturated carbocycles. The van der Waals surface area contributed by atoms with E-state index in [-0.39, 0.29) is 12.2 Å². The number of alkyl carbamates (subject to hydrolysis) is 1. The number of piperidine rings is 1. The molecule has 0 atom stereocenters. The molecule has 312 valence electrons. The minimum Gasteiger partial charge on any atom is -0.441 e. The second kappa shape index (κ2) is 41.8. The maximum atomic E-state index is 12.6. The van der Waals surface area contributed by atoms with Crippen LogP contribution in [0.25, 0.3) is 0 Å². The third-order valence-corrected chi connectivity index (χ3v) is 10.6. The Balaban J connectivity index is 2.11. The largest absolute Gasteiger partial charge is 0.441 e. The molecule has 0 radical (unpaired) electrons. The van der Waals surface area contributed by atoms with E-state index >= 15 is 0 Å². The molecule has 1 heterocycles. The van der Waals surface area contributed by atoms with E-state index in [0.717, 1.165) is 32.5 Å². The van der Waals surface area contributed by atoms with Crippen LogP contribution >= 0.6 is 0 Å². The van der Waals surface area contributed by atoms with Crippen molar-refractivity contribution in [1.29, 1.82) is 0 Å². The molecule has 1 aliphatic heterocycles. The Labute approximate surface area is 330 Å². The summed E-state index contributed by atoms with van der Waals surface area (Å²) in [6, 6.07) is 0. The fourth-order valence-corrected chi connectivity index (χ4v) is 7.14. The first kappa shape index (κ1) is 49.6. The van der Waals surface area contributed by atoms with Gasteiger partial charge in [-0.15, -0.1) is 0 Å². The van der Waals surface area contributed by atoms with Crippen LogP contribution in [0.1, 0.15) is 213 Å². The first-order chi connectivity index (χ1) is 26.3. The van der Waals surface area contributed by atoms with Crippen molar-refractivity contribution in [2.45, 2.75) is 219 Å². The number of ether oxygens (including phenoxy) is 3. The molecule has 0 bridgehead atoms. The summed E-state index contributed by atoms with van der Waals surface area (Å²) in [6.45, 7) is 10.6. The van der Waals surface area contributed by atoms with Crippen LogP contribution in [-0.4, -0.2) is 69.7 Å². The number of amides is 1. The molecule has 1 fully saturated rings. The van der Waals surface area contributed by atoms with Crippen LogP contribution in [0.2, 0.25) is 0 Å². The van der Waals surface area contributed by atoms with Crippen molar-refractivity contribution in [3.8, 4) is 0 Å². The SMILES string of the molecule is CCCCCCCC/C=C\CCCCCCCCOCC(COCCCCCCCC/C=C\CCCCCCCC)OC(=O)NCCN1CCCCC1. The minimum atomic E-state index is -0.367. The lowest BCUT2D eigenvalue weighted by Gasteiger charge is -2.26. The smallest absolute Gasteiger partial charge is 0.407 e. The Morgan fingerprint density at radius 3 is 1.32 bits per heavy atom. The monoisotopic (exact) mass is 747 g/mol. The third kappa shape index (κ3) is 37.3. The van der Waals surface area contributed by atoms with E-state index in [2.05, 4.69) is 48.4 Å². The van der Waals surface area contributed by atoms with Crippen LogP contribution in [0.3, 0.4) is 0 Å². The summed E-state index contributed by atoms with van der Waals surface area (Å²) in [6.07, 6.45) is 49.2. The van der Waals surface area contributed by atoms with Gasteiger partial charge in [0, 0.05) is 26.3 Å². The standard InChI is InChI=1S/C47H90N2O4/c1-3-5-7-9-11-13-15-17-19-21-23-25-27-29-31-36-42-51-44-46(53-47(50)48-38-41-49-39-34-33-35-40-49)45-52-43-37-32-30-28-26-24-22-20-18-16-14-12-10-8-6-4-2/h17-20,46H,3-16,21-45H2,1-2H3,(H,48,50)/b19-17-,20-18-. The zero-order valence-corrected chi connectivity index (χ0v) is 35.5. The van der Waals surface area contributed by atoms with Gasteiger partial charge in [0.1, 0.15) is 0 Å². The number of allylic oxidation sites excluding steroid dienone is 4. The van der Waals surface area contributed by atoms with Crippen LogP contribution < -0.4 is 5.32 Å². The zero-order chi connectivity index (χ0) is 38.0. The van der Waals surface area contributed by atoms with Gasteiger partial charge in [-0.2, -0.15) is 0 Å². The van der Waals surface area contributed by atoms with Crippen molar-refractivity contribution in [3.63, 3.8) is 0 Å². The average Bonchev–Trinajstić information content (AvgIpc) is 3.17. The van der Waals surface area contributed by atoms with Gasteiger partial charge >= 0.3 is 6.09 Å². The van der Waals surface area contributed by atoms with Crippen LogP contribution in [0.15, 0.2) is 24.3 Å². The van der Waals surface area contributed by atoms with Gasteiger partial charge in [0.2, 0.25) is 0 Å². The second-order valence-electron chi connectivity index (χ2n) is 15.9. The summed E-state index contributed by atoms with van der Waals surface area (Å²) in [7, 11) is 0. The molecular formula is C47H90N2O4. The topological polar surface area (TPSA) is 60.0 Å². The van der Waals surface area contributed by atoms with Gasteiger partial charge in [-0.3, -0.25) is 0 Å². The van der Waals surface area contributed by atoms with Crippen LogP contribution in [0, 0.1) is 0 Å². The van der Waals surface area contributed by atoms with Crippen LogP contribution in [0.4, 0.5) is 4.79 Å². The summed E-state index contributed by atoms with van der Waals surface area (Å²) in [5, 5.41) is 2.96. The van der Waals surface area contributed by atoms with E-state index in [1.165, 1.54) is 186 Å². The van der Waals surface area contributed by atoms with Gasteiger partial charge in [-0.25, -0.2) is 4.79 Å². The fraction of sp³-hybridized carbons (Fsp3) is 0.894. The highest BCUT2D eigenvalue weighted by molar-refractivity contribution is 5.67. The second-order valence-corrected chi connectivity index (χ2v) is 15.9. The number of hydrogen-bond donors (Lipinski definition) is 1. The number of likely N-dealkylation sites (tertiary alicyclic amines) is 1. The lowest BCUT2D eigenvalue weighted by molar-refractivity contribution is -0.0293. The third-order valence-electron chi connectivity index (χ3n) is 10.6. The molecule has 1 rings (SSSR count). The molecule has 6 nitrogen and oxygen atoms in total. The number of nitrogens with zero attached hydrogens (tertiary/aromatic N) is 1. The van der Waals surface area contributed by atoms with Gasteiger partial charge in [0.05, 0.1) is 13.2 Å². The first-order valence-corrected chi connectivity index (χ1v) is 23.4. The summed E-state index contributed by atoms with van der Waals surface area (Å²) in [5.74, 6) is 0. The van der Waals surface area contributed by atoms with Crippen LogP contribution in [-0.2, 0) is 14.2 Å². The van der Waals surface area contributed by atoms with Crippen molar-refractivity contribution < 1.29 is 19.0 Å². The lowest BCUT2D eigenvalue weighted by Crippen LogP contribution is -2.40. The molecule has 0 aliphatic carbocycles. The predicted octanol–water partition coefficient (Wildman–Crippen LogP) is 13.7. The van der Waals surface area contributed by atoms with Crippen molar-refractivity contribution in [2.24, 2.45) is 0 Å². The maximum absolute atomic E-state index is 12.6. The molecule has 1 N–H and O–H groups in total. The highest BCUT2D eigenvalue weighted by Gasteiger charge is 2.16. The fourth-order valence-electron chi connectivity index (χ4n) is 7.14. The molecule has 1 aliphatic rings. The molecule has 0 spiro atoms. The molecule has 1 saturated heterocycles. The summed E-state index contributed by atoms with van der Waals surface area (Å²) in [4.78, 5) is 15.0. The molecule has 0 unspecified atom stereocenters. The molecule has 1 amide bonds. The zero-order valence-electron chi connectivity index (χ0n) is 35.5. The van der Waals surface area contributed by atoms with Crippen molar-refractivity contribution in [3.05, 3.63) is 24.3 Å². The summed E-state index contributed by atoms with van der Waals surface area (Å²) >= 11 is 0. The van der Waals surface area contributed by atoms with E-state index < -0.39 is 0 Å². The van der Waals surface area contributed by atoms with Crippen molar-refractivity contribution in [2.75, 3.05) is 52.6 Å². The van der Waals surface area contributed by atoms with Gasteiger partial charge in [0.25, 0.3) is 0 Å². The van der Waals surface area contributed by atoms with Gasteiger partial charge in [0.15, 0.2) is 6.10 Å². The van der Waals surface area contributed by atoms with Crippen molar-refractivity contribution in [1.82, 2.24) is 10.2 Å². The van der Waals surface area contributed by atoms with E-state index in [9.17, 15) is 4.79 Å². The summed E-state index contributed by atoms with van der Waals surface area (Å²) < 4.78 is 17.8. The Bertz CT molecular complexity index is 751. The van der Waals surface area contributed by atoms with Gasteiger partial charge < -0.3 is 24.4 Å². The number of rotatable bonds is 40. The van der Waals surface area contributed by atoms with E-state index in [1.807, 2.05) is 0 Å². The lowest BCUT2D eigenvalue weighted by atomic mass is 10.1. The highest BCUT2D eigenvalue weighted by atomic mass is 16.6. The first-order valence-electron chi connectivity index (χ1n) is 23.4. The van der Waals surface area contributed by atoms with E-state index in [1.54, 1.807) is 0 Å². The Morgan fingerprint density at radius 2 is 0.906 bits per heavy atom. The van der Waals surface area contributed by atoms with Gasteiger partial charge in [-0.05, 0) is 90.1 Å². The van der Waals surface area contributed by atoms with Crippen LogP contribution in [0.5, 0.6) is 0 Å². The highest BCUT2D eigenvalue weighted by Crippen LogP contribution is 2.13. The summed E-state index contributed by atoms with van der Waals surface area (Å²) in [5.41, 5.74) is 0. The predicted molar refractivity (Wildman–Crippen MR) is 229 cm³/mol. The number of nitrogens with one attached hydrogen (secondary N) is 1. The number of carbonyl (C=O) groups is 1. The molecular weight excluding hydrogens is 657 g/mol. The Morgan fingerprint density at radius 1 is 0.528 bits per heavy atom. The maximum Gasteiger partial charge on any atom is 0.407 e. The molecule has 53 heavy (non-hydrogen) atoms. The number of hydrogen-bond acceptors (Lipinski definition) is 5. The Kier molecular flexibility index (Phi) is 39.1. The van der Waals surface area contributed by atoms with Gasteiger partial charge in [-0.1, -0.05) is 160 Å². The number of unbranched alkanes of at least 4 members (excludes halogenated alkanes) is 24. The molecule has 6 heteroatoms. The normalized spacial score (nSPS) is 13.9. The van der Waals surface area contributed by atoms with E-state index in [4.69, 9.17) is 14.2 Å². The van der Waals surface area contributed by atoms with Crippen molar-refractivity contribution >= 4 is 6.09 Å². The molecule has 0 aromatic rings. The minimum absolute atomic E-state index is 0.353. The van der Waals surface area contributed by atoms with E-state index in [0.29, 0.717) is 33.0 Å². The average molecular weight is 747 g/mol. The number of carbonyl (C=O) groups excluding carboxylic acids is 1.